The Morgan fingerprint density at radius 3 is 2.70 bits per heavy atom. The van der Waals surface area contributed by atoms with Crippen molar-refractivity contribution in [1.82, 2.24) is 5.32 Å². The van der Waals surface area contributed by atoms with Crippen molar-refractivity contribution in [3.8, 4) is 0 Å². The van der Waals surface area contributed by atoms with E-state index in [4.69, 9.17) is 9.84 Å². The maximum Gasteiger partial charge on any atom is 0.320 e. The Balaban J connectivity index is 2.16. The first kappa shape index (κ1) is 7.50. The van der Waals surface area contributed by atoms with E-state index in [2.05, 4.69) is 5.32 Å². The molecule has 1 heterocycles. The average Bonchev–Trinajstić information content (AvgIpc) is 1.77. The van der Waals surface area contributed by atoms with Gasteiger partial charge < -0.3 is 9.84 Å². The predicted molar refractivity (Wildman–Crippen MR) is 34.8 cm³/mol. The van der Waals surface area contributed by atoms with Crippen LogP contribution in [0.3, 0.4) is 0 Å². The van der Waals surface area contributed by atoms with Crippen LogP contribution in [0.15, 0.2) is 0 Å². The minimum Gasteiger partial charge on any atom is -0.480 e. The first-order valence-electron chi connectivity index (χ1n) is 3.26. The molecule has 1 aliphatic rings. The van der Waals surface area contributed by atoms with E-state index in [-0.39, 0.29) is 6.04 Å². The van der Waals surface area contributed by atoms with Crippen LogP contribution in [-0.2, 0) is 9.53 Å². The molecule has 0 spiro atoms. The lowest BCUT2D eigenvalue weighted by Crippen LogP contribution is -2.51. The fourth-order valence-electron chi connectivity index (χ4n) is 0.757. The maximum absolute atomic E-state index is 10.3. The van der Waals surface area contributed by atoms with E-state index >= 15 is 0 Å². The number of aliphatic carboxylic acids is 1. The van der Waals surface area contributed by atoms with Gasteiger partial charge in [-0.05, 0) is 6.92 Å². The molecule has 1 fully saturated rings. The third-order valence-corrected chi connectivity index (χ3v) is 1.49. The van der Waals surface area contributed by atoms with Gasteiger partial charge in [0.1, 0.15) is 6.04 Å². The Hall–Kier alpha value is -0.610. The number of carbonyl (C=O) groups is 1. The molecule has 0 aromatic carbocycles. The Morgan fingerprint density at radius 1 is 1.80 bits per heavy atom. The molecule has 1 atom stereocenters. The van der Waals surface area contributed by atoms with Gasteiger partial charge in [-0.15, -0.1) is 0 Å². The Kier molecular flexibility index (Phi) is 2.24. The van der Waals surface area contributed by atoms with E-state index in [0.29, 0.717) is 13.2 Å². The van der Waals surface area contributed by atoms with Crippen LogP contribution in [-0.4, -0.2) is 36.4 Å². The van der Waals surface area contributed by atoms with Crippen LogP contribution >= 0.6 is 0 Å². The van der Waals surface area contributed by atoms with E-state index in [1.807, 2.05) is 0 Å². The van der Waals surface area contributed by atoms with Crippen LogP contribution in [0.4, 0.5) is 0 Å². The van der Waals surface area contributed by atoms with Gasteiger partial charge >= 0.3 is 5.97 Å². The Labute approximate surface area is 59.2 Å². The molecule has 4 nitrogen and oxygen atoms in total. The summed E-state index contributed by atoms with van der Waals surface area (Å²) in [5.41, 5.74) is 0. The summed E-state index contributed by atoms with van der Waals surface area (Å²) in [5, 5.41) is 11.3. The minimum atomic E-state index is -0.813. The highest BCUT2D eigenvalue weighted by atomic mass is 16.5. The lowest BCUT2D eigenvalue weighted by molar-refractivity contribution is -0.140. The van der Waals surface area contributed by atoms with Gasteiger partial charge in [-0.25, -0.2) is 0 Å². The number of carboxylic acids is 1. The second-order valence-corrected chi connectivity index (χ2v) is 2.46. The van der Waals surface area contributed by atoms with Crippen LogP contribution < -0.4 is 5.32 Å². The summed E-state index contributed by atoms with van der Waals surface area (Å²) in [6, 6.07) is -0.222. The molecule has 58 valence electrons. The fraction of sp³-hybridized carbons (Fsp3) is 0.833. The highest BCUT2D eigenvalue weighted by Crippen LogP contribution is 2.00. The second-order valence-electron chi connectivity index (χ2n) is 2.46. The standard InChI is InChI=1S/C6H11NO3/c1-4(6(8)9)7-5-2-10-3-5/h4-5,7H,2-3H2,1H3,(H,8,9). The molecule has 0 bridgehead atoms. The number of ether oxygens (including phenoxy) is 1. The summed E-state index contributed by atoms with van der Waals surface area (Å²) in [6.45, 7) is 2.90. The van der Waals surface area contributed by atoms with Crippen molar-refractivity contribution in [3.05, 3.63) is 0 Å². The van der Waals surface area contributed by atoms with Crippen molar-refractivity contribution in [2.75, 3.05) is 13.2 Å². The molecule has 0 aliphatic carbocycles. The zero-order chi connectivity index (χ0) is 7.56. The molecular weight excluding hydrogens is 134 g/mol. The highest BCUT2D eigenvalue weighted by Gasteiger charge is 2.22. The molecule has 0 radical (unpaired) electrons. The monoisotopic (exact) mass is 145 g/mol. The number of carboxylic acid groups (broad SMARTS) is 1. The van der Waals surface area contributed by atoms with Crippen molar-refractivity contribution in [2.24, 2.45) is 0 Å². The van der Waals surface area contributed by atoms with Crippen molar-refractivity contribution in [1.29, 1.82) is 0 Å². The van der Waals surface area contributed by atoms with Gasteiger partial charge in [-0.1, -0.05) is 0 Å². The molecule has 4 heteroatoms. The van der Waals surface area contributed by atoms with E-state index < -0.39 is 12.0 Å². The molecule has 0 aromatic rings. The molecule has 1 unspecified atom stereocenters. The lowest BCUT2D eigenvalue weighted by Gasteiger charge is -2.28. The molecule has 0 amide bonds. The molecule has 1 saturated heterocycles. The van der Waals surface area contributed by atoms with Gasteiger partial charge in [-0.3, -0.25) is 10.1 Å². The maximum atomic E-state index is 10.3. The second kappa shape index (κ2) is 2.98. The third kappa shape index (κ3) is 1.68. The van der Waals surface area contributed by atoms with Crippen LogP contribution in [0, 0.1) is 0 Å². The van der Waals surface area contributed by atoms with E-state index in [9.17, 15) is 4.79 Å². The molecule has 10 heavy (non-hydrogen) atoms. The summed E-state index contributed by atoms with van der Waals surface area (Å²) in [5.74, 6) is -0.813. The topological polar surface area (TPSA) is 58.6 Å². The Morgan fingerprint density at radius 2 is 2.40 bits per heavy atom. The van der Waals surface area contributed by atoms with Crippen LogP contribution in [0.1, 0.15) is 6.92 Å². The minimum absolute atomic E-state index is 0.242. The SMILES string of the molecule is CC(NC1COC1)C(=O)O. The first-order chi connectivity index (χ1) is 4.70. The number of nitrogens with one attached hydrogen (secondary N) is 1. The number of hydrogen-bond donors (Lipinski definition) is 2. The van der Waals surface area contributed by atoms with Crippen molar-refractivity contribution >= 4 is 5.97 Å². The first-order valence-corrected chi connectivity index (χ1v) is 3.26. The van der Waals surface area contributed by atoms with E-state index in [1.54, 1.807) is 6.92 Å². The van der Waals surface area contributed by atoms with Gasteiger partial charge in [0.25, 0.3) is 0 Å². The molecule has 1 rings (SSSR count). The smallest absolute Gasteiger partial charge is 0.320 e. The van der Waals surface area contributed by atoms with Crippen molar-refractivity contribution in [2.45, 2.75) is 19.0 Å². The van der Waals surface area contributed by atoms with Crippen LogP contribution in [0.2, 0.25) is 0 Å². The molecule has 0 aromatic heterocycles. The molecule has 2 N–H and O–H groups in total. The Bertz CT molecular complexity index is 133. The average molecular weight is 145 g/mol. The summed E-state index contributed by atoms with van der Waals surface area (Å²) in [7, 11) is 0. The van der Waals surface area contributed by atoms with Gasteiger partial charge in [0.15, 0.2) is 0 Å². The summed E-state index contributed by atoms with van der Waals surface area (Å²) >= 11 is 0. The van der Waals surface area contributed by atoms with Gasteiger partial charge in [0, 0.05) is 0 Å². The molecule has 0 saturated carbocycles. The molecule has 1 aliphatic heterocycles. The molecular formula is C6H11NO3. The van der Waals surface area contributed by atoms with E-state index in [0.717, 1.165) is 0 Å². The summed E-state index contributed by atoms with van der Waals surface area (Å²) in [6.07, 6.45) is 0. The quantitative estimate of drug-likeness (QED) is 0.559. The third-order valence-electron chi connectivity index (χ3n) is 1.49. The van der Waals surface area contributed by atoms with Gasteiger partial charge in [0.2, 0.25) is 0 Å². The zero-order valence-electron chi connectivity index (χ0n) is 5.83. The van der Waals surface area contributed by atoms with Crippen molar-refractivity contribution < 1.29 is 14.6 Å². The number of rotatable bonds is 3. The van der Waals surface area contributed by atoms with Gasteiger partial charge in [-0.2, -0.15) is 0 Å². The van der Waals surface area contributed by atoms with Gasteiger partial charge in [0.05, 0.1) is 19.3 Å². The summed E-state index contributed by atoms with van der Waals surface area (Å²) in [4.78, 5) is 10.3. The largest absolute Gasteiger partial charge is 0.480 e. The predicted octanol–water partition coefficient (Wildman–Crippen LogP) is -0.552. The normalized spacial score (nSPS) is 21.7. The summed E-state index contributed by atoms with van der Waals surface area (Å²) < 4.78 is 4.86. The van der Waals surface area contributed by atoms with Crippen molar-refractivity contribution in [3.63, 3.8) is 0 Å². The highest BCUT2D eigenvalue weighted by molar-refractivity contribution is 5.72. The number of hydrogen-bond acceptors (Lipinski definition) is 3. The van der Waals surface area contributed by atoms with Crippen LogP contribution in [0.5, 0.6) is 0 Å². The van der Waals surface area contributed by atoms with Crippen LogP contribution in [0.25, 0.3) is 0 Å². The fourth-order valence-corrected chi connectivity index (χ4v) is 0.757. The lowest BCUT2D eigenvalue weighted by atomic mass is 10.2. The zero-order valence-corrected chi connectivity index (χ0v) is 5.83. The van der Waals surface area contributed by atoms with E-state index in [1.165, 1.54) is 0 Å².